The van der Waals surface area contributed by atoms with E-state index in [4.69, 9.17) is 4.74 Å². The maximum atomic E-state index is 14.1. The van der Waals surface area contributed by atoms with Gasteiger partial charge in [-0.3, -0.25) is 0 Å². The zero-order valence-corrected chi connectivity index (χ0v) is 14.4. The van der Waals surface area contributed by atoms with E-state index in [0.717, 1.165) is 24.3 Å². The van der Waals surface area contributed by atoms with Crippen molar-refractivity contribution in [2.75, 3.05) is 0 Å². The predicted molar refractivity (Wildman–Crippen MR) is 87.9 cm³/mol. The first-order chi connectivity index (χ1) is 12.0. The van der Waals surface area contributed by atoms with Gasteiger partial charge in [-0.1, -0.05) is 0 Å². The lowest BCUT2D eigenvalue weighted by atomic mass is 9.97. The molecule has 2 rings (SSSR count). The van der Waals surface area contributed by atoms with Crippen LogP contribution in [0.1, 0.15) is 42.8 Å². The molecule has 0 radical (unpaired) electrons. The molecule has 0 aliphatic carbocycles. The molecule has 0 aromatic heterocycles. The molecule has 7 heteroatoms. The Morgan fingerprint density at radius 3 is 2.27 bits per heavy atom. The zero-order valence-electron chi connectivity index (χ0n) is 14.4. The SMILES string of the molecule is CC(C)(C)OC(=O)c1cc(-c2ccc(F)cc2F)cc(C(O)C(F)F)c1. The quantitative estimate of drug-likeness (QED) is 0.616. The van der Waals surface area contributed by atoms with E-state index in [9.17, 15) is 27.5 Å². The van der Waals surface area contributed by atoms with E-state index in [1.807, 2.05) is 0 Å². The number of rotatable bonds is 4. The van der Waals surface area contributed by atoms with Crippen LogP contribution in [0, 0.1) is 11.6 Å². The molecule has 0 spiro atoms. The second-order valence-electron chi connectivity index (χ2n) is 6.75. The van der Waals surface area contributed by atoms with Gasteiger partial charge < -0.3 is 9.84 Å². The number of carbonyl (C=O) groups is 1. The summed E-state index contributed by atoms with van der Waals surface area (Å²) in [4.78, 5) is 12.3. The van der Waals surface area contributed by atoms with E-state index < -0.39 is 35.7 Å². The molecule has 2 aromatic carbocycles. The lowest BCUT2D eigenvalue weighted by Gasteiger charge is -2.20. The molecule has 0 fully saturated rings. The summed E-state index contributed by atoms with van der Waals surface area (Å²) in [6, 6.07) is 6.20. The summed E-state index contributed by atoms with van der Waals surface area (Å²) in [6.07, 6.45) is -5.27. The number of ether oxygens (including phenoxy) is 1. The molecule has 0 bridgehead atoms. The lowest BCUT2D eigenvalue weighted by Crippen LogP contribution is -2.24. The van der Waals surface area contributed by atoms with Crippen molar-refractivity contribution in [1.29, 1.82) is 0 Å². The highest BCUT2D eigenvalue weighted by Gasteiger charge is 2.24. The van der Waals surface area contributed by atoms with Crippen LogP contribution < -0.4 is 0 Å². The molecule has 0 saturated carbocycles. The van der Waals surface area contributed by atoms with E-state index in [2.05, 4.69) is 0 Å². The third-order valence-electron chi connectivity index (χ3n) is 3.41. The van der Waals surface area contributed by atoms with Gasteiger partial charge in [0.15, 0.2) is 0 Å². The van der Waals surface area contributed by atoms with E-state index in [1.54, 1.807) is 20.8 Å². The van der Waals surface area contributed by atoms with Crippen LogP contribution in [0.15, 0.2) is 36.4 Å². The van der Waals surface area contributed by atoms with Crippen molar-refractivity contribution in [3.05, 3.63) is 59.2 Å². The van der Waals surface area contributed by atoms with Crippen LogP contribution in [0.2, 0.25) is 0 Å². The second kappa shape index (κ2) is 7.45. The van der Waals surface area contributed by atoms with Crippen molar-refractivity contribution in [3.8, 4) is 11.1 Å². The van der Waals surface area contributed by atoms with Gasteiger partial charge in [0, 0.05) is 11.6 Å². The van der Waals surface area contributed by atoms with Crippen LogP contribution in [0.3, 0.4) is 0 Å². The molecule has 1 atom stereocenters. The number of aliphatic hydroxyl groups is 1. The summed E-state index contributed by atoms with van der Waals surface area (Å²) in [5.74, 6) is -2.55. The van der Waals surface area contributed by atoms with E-state index in [0.29, 0.717) is 6.07 Å². The number of carbonyl (C=O) groups excluding carboxylic acids is 1. The molecule has 0 saturated heterocycles. The van der Waals surface area contributed by atoms with Crippen LogP contribution in [0.25, 0.3) is 11.1 Å². The molecule has 0 amide bonds. The minimum absolute atomic E-state index is 0.0422. The topological polar surface area (TPSA) is 46.5 Å². The van der Waals surface area contributed by atoms with Crippen molar-refractivity contribution < 1.29 is 32.2 Å². The van der Waals surface area contributed by atoms with Gasteiger partial charge in [-0.2, -0.15) is 0 Å². The molecule has 1 unspecified atom stereocenters. The number of aliphatic hydroxyl groups excluding tert-OH is 1. The van der Waals surface area contributed by atoms with Crippen molar-refractivity contribution in [1.82, 2.24) is 0 Å². The molecule has 2 aromatic rings. The third kappa shape index (κ3) is 4.82. The van der Waals surface area contributed by atoms with Gasteiger partial charge in [0.05, 0.1) is 5.56 Å². The average Bonchev–Trinajstić information content (AvgIpc) is 2.52. The Morgan fingerprint density at radius 1 is 1.08 bits per heavy atom. The number of esters is 1. The number of halogens is 4. The lowest BCUT2D eigenvalue weighted by molar-refractivity contribution is -0.00614. The van der Waals surface area contributed by atoms with Crippen LogP contribution in [-0.4, -0.2) is 23.1 Å². The van der Waals surface area contributed by atoms with Crippen molar-refractivity contribution in [3.63, 3.8) is 0 Å². The van der Waals surface area contributed by atoms with Gasteiger partial charge in [-0.25, -0.2) is 22.4 Å². The molecule has 26 heavy (non-hydrogen) atoms. The number of benzene rings is 2. The number of hydrogen-bond donors (Lipinski definition) is 1. The Labute approximate surface area is 148 Å². The largest absolute Gasteiger partial charge is 0.456 e. The zero-order chi connectivity index (χ0) is 19.6. The van der Waals surface area contributed by atoms with Crippen molar-refractivity contribution in [2.45, 2.75) is 38.9 Å². The Morgan fingerprint density at radius 2 is 1.73 bits per heavy atom. The Balaban J connectivity index is 2.59. The summed E-state index contributed by atoms with van der Waals surface area (Å²) in [5.41, 5.74) is -1.30. The van der Waals surface area contributed by atoms with E-state index in [-0.39, 0.29) is 22.3 Å². The van der Waals surface area contributed by atoms with Gasteiger partial charge in [0.1, 0.15) is 23.3 Å². The first-order valence-electron chi connectivity index (χ1n) is 7.78. The first kappa shape index (κ1) is 19.9. The van der Waals surface area contributed by atoms with Crippen LogP contribution >= 0.6 is 0 Å². The monoisotopic (exact) mass is 370 g/mol. The van der Waals surface area contributed by atoms with E-state index in [1.165, 1.54) is 6.07 Å². The summed E-state index contributed by atoms with van der Waals surface area (Å²) in [5, 5.41) is 9.67. The molecular weight excluding hydrogens is 352 g/mol. The Hall–Kier alpha value is -2.41. The summed E-state index contributed by atoms with van der Waals surface area (Å²) >= 11 is 0. The highest BCUT2D eigenvalue weighted by atomic mass is 19.3. The molecule has 0 aliphatic rings. The number of alkyl halides is 2. The normalized spacial score (nSPS) is 13.0. The third-order valence-corrected chi connectivity index (χ3v) is 3.41. The summed E-state index contributed by atoms with van der Waals surface area (Å²) in [7, 11) is 0. The van der Waals surface area contributed by atoms with E-state index >= 15 is 0 Å². The number of hydrogen-bond acceptors (Lipinski definition) is 3. The van der Waals surface area contributed by atoms with Crippen LogP contribution in [-0.2, 0) is 4.74 Å². The predicted octanol–water partition coefficient (Wildman–Crippen LogP) is 4.89. The van der Waals surface area contributed by atoms with Crippen molar-refractivity contribution in [2.24, 2.45) is 0 Å². The Kier molecular flexibility index (Phi) is 5.71. The first-order valence-corrected chi connectivity index (χ1v) is 7.78. The smallest absolute Gasteiger partial charge is 0.338 e. The van der Waals surface area contributed by atoms with Gasteiger partial charge in [-0.15, -0.1) is 0 Å². The van der Waals surface area contributed by atoms with Gasteiger partial charge in [-0.05, 0) is 62.2 Å². The molecular formula is C19H18F4O3. The fourth-order valence-corrected chi connectivity index (χ4v) is 2.30. The Bertz CT molecular complexity index is 813. The minimum Gasteiger partial charge on any atom is -0.456 e. The maximum Gasteiger partial charge on any atom is 0.338 e. The highest BCUT2D eigenvalue weighted by Crippen LogP contribution is 2.30. The molecule has 0 heterocycles. The fraction of sp³-hybridized carbons (Fsp3) is 0.316. The summed E-state index contributed by atoms with van der Waals surface area (Å²) in [6.45, 7) is 4.88. The average molecular weight is 370 g/mol. The molecule has 140 valence electrons. The molecule has 3 nitrogen and oxygen atoms in total. The highest BCUT2D eigenvalue weighted by molar-refractivity contribution is 5.91. The molecule has 1 N–H and O–H groups in total. The fourth-order valence-electron chi connectivity index (χ4n) is 2.30. The second-order valence-corrected chi connectivity index (χ2v) is 6.75. The van der Waals surface area contributed by atoms with Gasteiger partial charge in [0.2, 0.25) is 0 Å². The standard InChI is InChI=1S/C19H18F4O3/c1-19(2,3)26-18(25)12-7-10(6-11(8-12)16(24)17(22)23)14-5-4-13(20)9-15(14)21/h4-9,16-17,24H,1-3H3. The van der Waals surface area contributed by atoms with Crippen LogP contribution in [0.4, 0.5) is 17.6 Å². The van der Waals surface area contributed by atoms with Gasteiger partial charge >= 0.3 is 5.97 Å². The van der Waals surface area contributed by atoms with Crippen LogP contribution in [0.5, 0.6) is 0 Å². The van der Waals surface area contributed by atoms with Crippen molar-refractivity contribution >= 4 is 5.97 Å². The summed E-state index contributed by atoms with van der Waals surface area (Å²) < 4.78 is 58.2. The maximum absolute atomic E-state index is 14.1. The minimum atomic E-state index is -3.10. The van der Waals surface area contributed by atoms with Gasteiger partial charge in [0.25, 0.3) is 6.43 Å². The molecule has 0 aliphatic heterocycles.